The summed E-state index contributed by atoms with van der Waals surface area (Å²) in [4.78, 5) is 0. The van der Waals surface area contributed by atoms with E-state index < -0.39 is 7.75 Å². The van der Waals surface area contributed by atoms with Crippen LogP contribution in [0.15, 0.2) is 18.7 Å². The zero-order valence-electron chi connectivity index (χ0n) is 28.7. The lowest BCUT2D eigenvalue weighted by molar-refractivity contribution is -0.671. The molecule has 1 rings (SSSR count). The maximum atomic E-state index is 13.5. The molecule has 1 aromatic rings. The molecule has 0 spiro atoms. The molecule has 43 heavy (non-hydrogen) atoms. The number of aryl methyl sites for hydroxylation is 2. The highest BCUT2D eigenvalue weighted by atomic mass is 127. The van der Waals surface area contributed by atoms with E-state index in [0.717, 1.165) is 38.6 Å². The Morgan fingerprint density at radius 3 is 1.33 bits per heavy atom. The second-order valence-electron chi connectivity index (χ2n) is 12.5. The fourth-order valence-corrected chi connectivity index (χ4v) is 6.92. The third kappa shape index (κ3) is 28.0. The van der Waals surface area contributed by atoms with Gasteiger partial charge in [0.05, 0.1) is 26.8 Å². The summed E-state index contributed by atoms with van der Waals surface area (Å²) >= 11 is 0. The molecule has 0 radical (unpaired) electrons. The van der Waals surface area contributed by atoms with Gasteiger partial charge in [0, 0.05) is 6.54 Å². The van der Waals surface area contributed by atoms with E-state index in [-0.39, 0.29) is 24.0 Å². The maximum absolute atomic E-state index is 13.5. The van der Waals surface area contributed by atoms with Crippen LogP contribution in [-0.2, 0) is 27.2 Å². The predicted octanol–water partition coefficient (Wildman–Crippen LogP) is 7.84. The van der Waals surface area contributed by atoms with Crippen LogP contribution in [0.4, 0.5) is 0 Å². The minimum Gasteiger partial charge on any atom is -1.00 e. The van der Waals surface area contributed by atoms with Gasteiger partial charge in [-0.05, 0) is 19.3 Å². The Hall–Kier alpha value is 0.0500. The molecule has 0 bridgehead atoms. The summed E-state index contributed by atoms with van der Waals surface area (Å²) in [6, 6.07) is 0. The smallest absolute Gasteiger partial charge is 0.405 e. The number of hydrogen-bond acceptors (Lipinski definition) is 3. The lowest BCUT2D eigenvalue weighted by atomic mass is 10.1. The Kier molecular flexibility index (Phi) is 32.0. The third-order valence-corrected chi connectivity index (χ3v) is 9.90. The van der Waals surface area contributed by atoms with Gasteiger partial charge in [0.1, 0.15) is 12.4 Å². The highest BCUT2D eigenvalue weighted by Crippen LogP contribution is 2.44. The Morgan fingerprint density at radius 1 is 0.605 bits per heavy atom. The molecule has 0 saturated carbocycles. The largest absolute Gasteiger partial charge is 1.00 e. The summed E-state index contributed by atoms with van der Waals surface area (Å²) in [6.07, 6.45) is 38.4. The van der Waals surface area contributed by atoms with Crippen LogP contribution in [0.5, 0.6) is 0 Å². The van der Waals surface area contributed by atoms with Gasteiger partial charge in [-0.1, -0.05) is 155 Å². The lowest BCUT2D eigenvalue weighted by Gasteiger charge is -2.19. The van der Waals surface area contributed by atoms with Gasteiger partial charge >= 0.3 is 7.75 Å². The summed E-state index contributed by atoms with van der Waals surface area (Å²) in [5.74, 6) is 0. The molecular weight excluding hydrogens is 668 g/mol. The molecule has 0 unspecified atom stereocenters. The number of hydrogen-bond donors (Lipinski definition) is 1. The molecule has 6 nitrogen and oxygen atoms in total. The number of nitrogens with zero attached hydrogens (tertiary/aromatic N) is 2. The van der Waals surface area contributed by atoms with Crippen LogP contribution in [0.3, 0.4) is 0 Å². The number of nitrogens with one attached hydrogen (secondary N) is 1. The topological polar surface area (TPSA) is 56.4 Å². The highest BCUT2D eigenvalue weighted by molar-refractivity contribution is 7.51. The average molecular weight is 740 g/mol. The van der Waals surface area contributed by atoms with E-state index in [1.165, 1.54) is 128 Å². The molecule has 256 valence electrons. The number of imidazole rings is 1. The van der Waals surface area contributed by atoms with Crippen molar-refractivity contribution in [3.63, 3.8) is 0 Å². The van der Waals surface area contributed by atoms with E-state index in [1.54, 1.807) is 0 Å². The van der Waals surface area contributed by atoms with Crippen LogP contribution in [0.25, 0.3) is 0 Å². The molecule has 0 aliphatic carbocycles. The number of unbranched alkanes of at least 4 members (excludes halogenated alkanes) is 22. The molecule has 8 heteroatoms. The van der Waals surface area contributed by atoms with E-state index in [1.807, 2.05) is 17.8 Å². The Balaban J connectivity index is 0.0000176. The van der Waals surface area contributed by atoms with Crippen molar-refractivity contribution in [2.75, 3.05) is 19.8 Å². The molecule has 1 aromatic heterocycles. The summed E-state index contributed by atoms with van der Waals surface area (Å²) in [5.41, 5.74) is 0. The van der Waals surface area contributed by atoms with E-state index in [0.29, 0.717) is 19.8 Å². The molecule has 1 heterocycles. The molecule has 0 aliphatic rings. The van der Waals surface area contributed by atoms with Crippen LogP contribution in [0.2, 0.25) is 0 Å². The summed E-state index contributed by atoms with van der Waals surface area (Å²) in [7, 11) is -1.24. The van der Waals surface area contributed by atoms with E-state index in [2.05, 4.69) is 36.0 Å². The van der Waals surface area contributed by atoms with Crippen molar-refractivity contribution in [2.45, 2.75) is 181 Å². The van der Waals surface area contributed by atoms with Crippen molar-refractivity contribution < 1.29 is 42.2 Å². The number of aromatic nitrogens is 2. The zero-order chi connectivity index (χ0) is 30.4. The van der Waals surface area contributed by atoms with Gasteiger partial charge in [0.25, 0.3) is 0 Å². The fourth-order valence-electron chi connectivity index (χ4n) is 5.50. The van der Waals surface area contributed by atoms with Crippen molar-refractivity contribution in [3.05, 3.63) is 18.7 Å². The van der Waals surface area contributed by atoms with Crippen molar-refractivity contribution in [3.8, 4) is 0 Å². The first-order chi connectivity index (χ1) is 20.6. The van der Waals surface area contributed by atoms with Gasteiger partial charge in [0.2, 0.25) is 6.33 Å². The number of halogens is 1. The second-order valence-corrected chi connectivity index (χ2v) is 14.3. The normalized spacial score (nSPS) is 11.7. The van der Waals surface area contributed by atoms with Gasteiger partial charge in [-0.2, -0.15) is 0 Å². The highest BCUT2D eigenvalue weighted by Gasteiger charge is 2.23. The Bertz CT molecular complexity index is 716. The molecule has 0 amide bonds. The predicted molar refractivity (Wildman–Crippen MR) is 180 cm³/mol. The van der Waals surface area contributed by atoms with Gasteiger partial charge in [-0.25, -0.2) is 18.8 Å². The lowest BCUT2D eigenvalue weighted by Crippen LogP contribution is -3.00. The van der Waals surface area contributed by atoms with Crippen LogP contribution < -0.4 is 33.6 Å². The van der Waals surface area contributed by atoms with Gasteiger partial charge in [-0.15, -0.1) is 0 Å². The van der Waals surface area contributed by atoms with Gasteiger partial charge < -0.3 is 24.0 Å². The zero-order valence-corrected chi connectivity index (χ0v) is 31.7. The first-order valence-corrected chi connectivity index (χ1v) is 19.8. The van der Waals surface area contributed by atoms with Crippen LogP contribution in [0, 0.1) is 0 Å². The van der Waals surface area contributed by atoms with Gasteiger partial charge in [-0.3, -0.25) is 9.05 Å². The summed E-state index contributed by atoms with van der Waals surface area (Å²) in [5, 5.41) is 3.15. The standard InChI is InChI=1S/C35H71N3O3P.HI/c1-4-6-8-10-12-14-16-18-20-22-24-26-33-40-42(39,36-29-28-30-38-32-31-37(3)35-38)41-34-27-25-23-21-19-17-15-13-11-9-7-5-2;/h31-32,35H,4-30,33-34H2,1-3H3,(H,36,39);1H/q+1;/p-1. The molecule has 0 aliphatic heterocycles. The average Bonchev–Trinajstić information content (AvgIpc) is 3.41. The van der Waals surface area contributed by atoms with Crippen LogP contribution >= 0.6 is 7.75 Å². The molecule has 0 aromatic carbocycles. The first kappa shape index (κ1) is 43.0. The van der Waals surface area contributed by atoms with Crippen LogP contribution in [-0.4, -0.2) is 24.3 Å². The third-order valence-electron chi connectivity index (χ3n) is 8.24. The van der Waals surface area contributed by atoms with Crippen molar-refractivity contribution in [2.24, 2.45) is 7.05 Å². The maximum Gasteiger partial charge on any atom is 0.405 e. The van der Waals surface area contributed by atoms with Crippen molar-refractivity contribution in [1.82, 2.24) is 9.65 Å². The minimum absolute atomic E-state index is 0. The second kappa shape index (κ2) is 32.0. The minimum atomic E-state index is -3.26. The fraction of sp³-hybridized carbons (Fsp3) is 0.914. The number of rotatable bonds is 33. The van der Waals surface area contributed by atoms with Crippen molar-refractivity contribution >= 4 is 7.75 Å². The van der Waals surface area contributed by atoms with E-state index >= 15 is 0 Å². The van der Waals surface area contributed by atoms with Gasteiger partial charge in [0.15, 0.2) is 0 Å². The van der Waals surface area contributed by atoms with E-state index in [4.69, 9.17) is 9.05 Å². The van der Waals surface area contributed by atoms with E-state index in [9.17, 15) is 4.57 Å². The Morgan fingerprint density at radius 2 is 0.977 bits per heavy atom. The summed E-state index contributed by atoms with van der Waals surface area (Å²) in [6.45, 7) is 7.07. The molecular formula is C35H71IN3O3P. The SMILES string of the molecule is CCCCCCCCCCCCCCOP(=O)(NCCCn1cc[n+](C)c1)OCCCCCCCCCCCCCC.[I-]. The molecule has 0 saturated heterocycles. The molecule has 1 N–H and O–H groups in total. The van der Waals surface area contributed by atoms with Crippen LogP contribution in [0.1, 0.15) is 174 Å². The monoisotopic (exact) mass is 739 g/mol. The Labute approximate surface area is 284 Å². The molecule has 0 atom stereocenters. The summed E-state index contributed by atoms with van der Waals surface area (Å²) < 4.78 is 29.4. The quantitative estimate of drug-likeness (QED) is 0.0346. The first-order valence-electron chi connectivity index (χ1n) is 18.2. The molecule has 0 fully saturated rings. The van der Waals surface area contributed by atoms with Crippen molar-refractivity contribution in [1.29, 1.82) is 0 Å².